The number of rotatable bonds is 4. The van der Waals surface area contributed by atoms with Gasteiger partial charge in [0.15, 0.2) is 0 Å². The SMILES string of the molecule is O=C(CN1CCCCCC1CO)NC1CCCC1. The summed E-state index contributed by atoms with van der Waals surface area (Å²) in [6.45, 7) is 1.59. The molecule has 4 heteroatoms. The molecule has 1 amide bonds. The average molecular weight is 254 g/mol. The highest BCUT2D eigenvalue weighted by molar-refractivity contribution is 5.78. The number of carbonyl (C=O) groups is 1. The summed E-state index contributed by atoms with van der Waals surface area (Å²) in [6, 6.07) is 0.582. The first-order valence-corrected chi connectivity index (χ1v) is 7.44. The number of hydrogen-bond acceptors (Lipinski definition) is 3. The smallest absolute Gasteiger partial charge is 0.234 e. The van der Waals surface area contributed by atoms with Gasteiger partial charge in [-0.1, -0.05) is 25.7 Å². The molecule has 1 saturated carbocycles. The first-order valence-electron chi connectivity index (χ1n) is 7.44. The number of hydrogen-bond donors (Lipinski definition) is 2. The summed E-state index contributed by atoms with van der Waals surface area (Å²) in [7, 11) is 0. The van der Waals surface area contributed by atoms with Gasteiger partial charge >= 0.3 is 0 Å². The third-order valence-corrected chi connectivity index (χ3v) is 4.28. The summed E-state index contributed by atoms with van der Waals surface area (Å²) < 4.78 is 0. The van der Waals surface area contributed by atoms with Gasteiger partial charge in [0.1, 0.15) is 0 Å². The molecular weight excluding hydrogens is 228 g/mol. The van der Waals surface area contributed by atoms with Gasteiger partial charge in [0.05, 0.1) is 13.2 Å². The second kappa shape index (κ2) is 7.10. The van der Waals surface area contributed by atoms with Crippen LogP contribution in [0.2, 0.25) is 0 Å². The highest BCUT2D eigenvalue weighted by atomic mass is 16.3. The van der Waals surface area contributed by atoms with E-state index in [1.165, 1.54) is 25.7 Å². The maximum atomic E-state index is 12.0. The summed E-state index contributed by atoms with van der Waals surface area (Å²) >= 11 is 0. The number of carbonyl (C=O) groups excluding carboxylic acids is 1. The van der Waals surface area contributed by atoms with Crippen molar-refractivity contribution in [3.8, 4) is 0 Å². The fourth-order valence-corrected chi connectivity index (χ4v) is 3.18. The fraction of sp³-hybridized carbons (Fsp3) is 0.929. The standard InChI is InChI=1S/C14H26N2O2/c17-11-13-8-2-1-5-9-16(13)10-14(18)15-12-6-3-4-7-12/h12-13,17H,1-11H2,(H,15,18). The van der Waals surface area contributed by atoms with Gasteiger partial charge in [0.2, 0.25) is 5.91 Å². The lowest BCUT2D eigenvalue weighted by Gasteiger charge is -2.28. The topological polar surface area (TPSA) is 52.6 Å². The lowest BCUT2D eigenvalue weighted by Crippen LogP contribution is -2.46. The van der Waals surface area contributed by atoms with Gasteiger partial charge < -0.3 is 10.4 Å². The van der Waals surface area contributed by atoms with Crippen molar-refractivity contribution in [2.45, 2.75) is 63.5 Å². The van der Waals surface area contributed by atoms with Crippen molar-refractivity contribution < 1.29 is 9.90 Å². The number of amides is 1. The second-order valence-corrected chi connectivity index (χ2v) is 5.71. The predicted octanol–water partition coefficient (Wildman–Crippen LogP) is 1.28. The van der Waals surface area contributed by atoms with Crippen molar-refractivity contribution in [3.63, 3.8) is 0 Å². The van der Waals surface area contributed by atoms with Crippen LogP contribution >= 0.6 is 0 Å². The number of nitrogens with one attached hydrogen (secondary N) is 1. The van der Waals surface area contributed by atoms with Crippen LogP contribution in [0.5, 0.6) is 0 Å². The predicted molar refractivity (Wildman–Crippen MR) is 71.3 cm³/mol. The zero-order valence-electron chi connectivity index (χ0n) is 11.2. The Morgan fingerprint density at radius 2 is 1.83 bits per heavy atom. The minimum Gasteiger partial charge on any atom is -0.395 e. The molecule has 104 valence electrons. The highest BCUT2D eigenvalue weighted by Gasteiger charge is 2.24. The van der Waals surface area contributed by atoms with E-state index >= 15 is 0 Å². The van der Waals surface area contributed by atoms with E-state index < -0.39 is 0 Å². The van der Waals surface area contributed by atoms with Gasteiger partial charge in [-0.05, 0) is 32.2 Å². The monoisotopic (exact) mass is 254 g/mol. The molecule has 1 unspecified atom stereocenters. The molecule has 0 radical (unpaired) electrons. The maximum Gasteiger partial charge on any atom is 0.234 e. The van der Waals surface area contributed by atoms with Crippen molar-refractivity contribution in [2.75, 3.05) is 19.7 Å². The molecule has 1 aliphatic heterocycles. The van der Waals surface area contributed by atoms with Crippen molar-refractivity contribution in [1.29, 1.82) is 0 Å². The van der Waals surface area contributed by atoms with Gasteiger partial charge in [0, 0.05) is 12.1 Å². The van der Waals surface area contributed by atoms with Crippen molar-refractivity contribution in [1.82, 2.24) is 10.2 Å². The maximum absolute atomic E-state index is 12.0. The largest absolute Gasteiger partial charge is 0.395 e. The highest BCUT2D eigenvalue weighted by Crippen LogP contribution is 2.18. The van der Waals surface area contributed by atoms with E-state index in [4.69, 9.17) is 0 Å². The van der Waals surface area contributed by atoms with Crippen LogP contribution in [-0.4, -0.2) is 47.7 Å². The first-order chi connectivity index (χ1) is 8.79. The zero-order valence-corrected chi connectivity index (χ0v) is 11.2. The van der Waals surface area contributed by atoms with Crippen LogP contribution in [0.15, 0.2) is 0 Å². The van der Waals surface area contributed by atoms with E-state index in [9.17, 15) is 9.90 Å². The molecule has 1 aliphatic carbocycles. The Hall–Kier alpha value is -0.610. The van der Waals surface area contributed by atoms with E-state index in [0.29, 0.717) is 12.6 Å². The van der Waals surface area contributed by atoms with Crippen LogP contribution in [-0.2, 0) is 4.79 Å². The van der Waals surface area contributed by atoms with Crippen molar-refractivity contribution >= 4 is 5.91 Å². The lowest BCUT2D eigenvalue weighted by molar-refractivity contribution is -0.123. The van der Waals surface area contributed by atoms with Crippen molar-refractivity contribution in [2.24, 2.45) is 0 Å². The van der Waals surface area contributed by atoms with Gasteiger partial charge in [-0.3, -0.25) is 9.69 Å². The summed E-state index contributed by atoms with van der Waals surface area (Å²) in [4.78, 5) is 14.2. The molecule has 2 N–H and O–H groups in total. The second-order valence-electron chi connectivity index (χ2n) is 5.71. The molecule has 0 aromatic rings. The van der Waals surface area contributed by atoms with Gasteiger partial charge in [-0.25, -0.2) is 0 Å². The lowest BCUT2D eigenvalue weighted by atomic mass is 10.1. The third-order valence-electron chi connectivity index (χ3n) is 4.28. The van der Waals surface area contributed by atoms with E-state index in [2.05, 4.69) is 10.2 Å². The Balaban J connectivity index is 1.79. The van der Waals surface area contributed by atoms with Crippen LogP contribution in [0.25, 0.3) is 0 Å². The molecule has 0 aromatic heterocycles. The van der Waals surface area contributed by atoms with Gasteiger partial charge in [-0.15, -0.1) is 0 Å². The molecule has 2 aliphatic rings. The Labute approximate surface area is 110 Å². The quantitative estimate of drug-likeness (QED) is 0.794. The Kier molecular flexibility index (Phi) is 5.45. The molecule has 0 spiro atoms. The number of aliphatic hydroxyl groups excluding tert-OH is 1. The molecule has 1 heterocycles. The van der Waals surface area contributed by atoms with Crippen molar-refractivity contribution in [3.05, 3.63) is 0 Å². The fourth-order valence-electron chi connectivity index (χ4n) is 3.18. The minimum atomic E-state index is 0.141. The number of aliphatic hydroxyl groups is 1. The number of likely N-dealkylation sites (tertiary alicyclic amines) is 1. The van der Waals surface area contributed by atoms with Gasteiger partial charge in [-0.2, -0.15) is 0 Å². The Morgan fingerprint density at radius 3 is 2.56 bits per heavy atom. The molecule has 1 atom stereocenters. The molecule has 2 rings (SSSR count). The number of nitrogens with zero attached hydrogens (tertiary/aromatic N) is 1. The van der Waals surface area contributed by atoms with Crippen LogP contribution < -0.4 is 5.32 Å². The molecule has 1 saturated heterocycles. The first kappa shape index (κ1) is 13.8. The molecule has 0 bridgehead atoms. The molecule has 4 nitrogen and oxygen atoms in total. The van der Waals surface area contributed by atoms with Crippen LogP contribution in [0.1, 0.15) is 51.4 Å². The summed E-state index contributed by atoms with van der Waals surface area (Å²) in [5.74, 6) is 0.141. The van der Waals surface area contributed by atoms with E-state index in [-0.39, 0.29) is 18.6 Å². The summed E-state index contributed by atoms with van der Waals surface area (Å²) in [5.41, 5.74) is 0. The van der Waals surface area contributed by atoms with Crippen LogP contribution in [0.3, 0.4) is 0 Å². The molecule has 0 aromatic carbocycles. The summed E-state index contributed by atoms with van der Waals surface area (Å²) in [5, 5.41) is 12.5. The minimum absolute atomic E-state index is 0.141. The van der Waals surface area contributed by atoms with Crippen LogP contribution in [0, 0.1) is 0 Å². The molecule has 18 heavy (non-hydrogen) atoms. The van der Waals surface area contributed by atoms with E-state index in [1.54, 1.807) is 0 Å². The van der Waals surface area contributed by atoms with E-state index in [1.807, 2.05) is 0 Å². The van der Waals surface area contributed by atoms with Crippen LogP contribution in [0.4, 0.5) is 0 Å². The Bertz CT molecular complexity index is 265. The normalized spacial score (nSPS) is 27.1. The van der Waals surface area contributed by atoms with Gasteiger partial charge in [0.25, 0.3) is 0 Å². The average Bonchev–Trinajstić information content (AvgIpc) is 2.75. The summed E-state index contributed by atoms with van der Waals surface area (Å²) in [6.07, 6.45) is 9.32. The Morgan fingerprint density at radius 1 is 1.11 bits per heavy atom. The molecule has 2 fully saturated rings. The molecular formula is C14H26N2O2. The third kappa shape index (κ3) is 3.95. The zero-order chi connectivity index (χ0) is 12.8. The van der Waals surface area contributed by atoms with E-state index in [0.717, 1.165) is 32.2 Å².